The van der Waals surface area contributed by atoms with Crippen LogP contribution in [-0.2, 0) is 9.53 Å². The van der Waals surface area contributed by atoms with Gasteiger partial charge >= 0.3 is 6.09 Å². The van der Waals surface area contributed by atoms with E-state index >= 15 is 0 Å². The van der Waals surface area contributed by atoms with Gasteiger partial charge in [-0.15, -0.1) is 0 Å². The topological polar surface area (TPSA) is 115 Å². The van der Waals surface area contributed by atoms with Gasteiger partial charge in [0.25, 0.3) is 5.91 Å². The Hall–Kier alpha value is -2.97. The first-order valence-corrected chi connectivity index (χ1v) is 10.5. The number of amides is 3. The van der Waals surface area contributed by atoms with Crippen LogP contribution in [0.25, 0.3) is 0 Å². The van der Waals surface area contributed by atoms with Crippen molar-refractivity contribution in [3.05, 3.63) is 23.8 Å². The van der Waals surface area contributed by atoms with Crippen LogP contribution in [-0.4, -0.2) is 43.8 Å². The van der Waals surface area contributed by atoms with Gasteiger partial charge in [-0.2, -0.15) is 0 Å². The summed E-state index contributed by atoms with van der Waals surface area (Å²) in [5, 5.41) is 2.69. The zero-order valence-corrected chi connectivity index (χ0v) is 18.9. The predicted octanol–water partition coefficient (Wildman–Crippen LogP) is 2.94. The SMILES string of the molecule is CCOc1ccc(C(=O)NNC(=O)C2(CNC(=O)OC(C)(C)C)CCCC2)cc1OC. The summed E-state index contributed by atoms with van der Waals surface area (Å²) >= 11 is 0. The molecule has 9 nitrogen and oxygen atoms in total. The Morgan fingerprint density at radius 1 is 1.06 bits per heavy atom. The summed E-state index contributed by atoms with van der Waals surface area (Å²) in [6.45, 7) is 7.78. The minimum Gasteiger partial charge on any atom is -0.493 e. The average Bonchev–Trinajstić information content (AvgIpc) is 3.20. The Morgan fingerprint density at radius 2 is 1.74 bits per heavy atom. The standard InChI is InChI=1S/C22H33N3O6/c1-6-30-16-10-9-15(13-17(16)29-5)18(26)24-25-19(27)22(11-7-8-12-22)14-23-20(28)31-21(2,3)4/h9-10,13H,6-8,11-12,14H2,1-5H3,(H,23,28)(H,24,26)(H,25,27). The highest BCUT2D eigenvalue weighted by atomic mass is 16.6. The Bertz CT molecular complexity index is 797. The minimum atomic E-state index is -0.791. The summed E-state index contributed by atoms with van der Waals surface area (Å²) in [5.74, 6) is 0.133. The maximum absolute atomic E-state index is 12.9. The molecule has 1 aromatic carbocycles. The van der Waals surface area contributed by atoms with Crippen molar-refractivity contribution >= 4 is 17.9 Å². The van der Waals surface area contributed by atoms with Crippen molar-refractivity contribution < 1.29 is 28.6 Å². The summed E-state index contributed by atoms with van der Waals surface area (Å²) in [4.78, 5) is 37.4. The van der Waals surface area contributed by atoms with E-state index in [1.807, 2.05) is 6.92 Å². The molecule has 1 aliphatic rings. The average molecular weight is 436 g/mol. The number of methoxy groups -OCH3 is 1. The highest BCUT2D eigenvalue weighted by Gasteiger charge is 2.42. The lowest BCUT2D eigenvalue weighted by atomic mass is 9.85. The molecule has 0 aliphatic heterocycles. The lowest BCUT2D eigenvalue weighted by molar-refractivity contribution is -0.131. The lowest BCUT2D eigenvalue weighted by Crippen LogP contribution is -2.52. The van der Waals surface area contributed by atoms with E-state index in [9.17, 15) is 14.4 Å². The number of hydrogen-bond acceptors (Lipinski definition) is 6. The zero-order chi connectivity index (χ0) is 23.1. The summed E-state index contributed by atoms with van der Waals surface area (Å²) in [6, 6.07) is 4.77. The first kappa shape index (κ1) is 24.3. The van der Waals surface area contributed by atoms with Crippen LogP contribution < -0.4 is 25.6 Å². The molecule has 172 valence electrons. The highest BCUT2D eigenvalue weighted by molar-refractivity contribution is 5.96. The predicted molar refractivity (Wildman–Crippen MR) is 115 cm³/mol. The molecule has 1 fully saturated rings. The van der Waals surface area contributed by atoms with Crippen molar-refractivity contribution in [3.8, 4) is 11.5 Å². The largest absolute Gasteiger partial charge is 0.493 e. The third kappa shape index (κ3) is 6.77. The second kappa shape index (κ2) is 10.4. The van der Waals surface area contributed by atoms with E-state index in [-0.39, 0.29) is 12.5 Å². The molecule has 0 bridgehead atoms. The van der Waals surface area contributed by atoms with E-state index in [2.05, 4.69) is 16.2 Å². The number of hydrazine groups is 1. The molecular formula is C22H33N3O6. The smallest absolute Gasteiger partial charge is 0.407 e. The molecule has 0 radical (unpaired) electrons. The number of carbonyl (C=O) groups excluding carboxylic acids is 3. The molecule has 3 N–H and O–H groups in total. The third-order valence-electron chi connectivity index (χ3n) is 5.03. The van der Waals surface area contributed by atoms with Crippen molar-refractivity contribution in [1.29, 1.82) is 0 Å². The normalized spacial score (nSPS) is 15.0. The molecule has 0 atom stereocenters. The van der Waals surface area contributed by atoms with Crippen LogP contribution in [0.2, 0.25) is 0 Å². The lowest BCUT2D eigenvalue weighted by Gasteiger charge is -2.28. The summed E-state index contributed by atoms with van der Waals surface area (Å²) in [5.41, 5.74) is 3.86. The van der Waals surface area contributed by atoms with Crippen LogP contribution >= 0.6 is 0 Å². The van der Waals surface area contributed by atoms with E-state index in [0.717, 1.165) is 12.8 Å². The van der Waals surface area contributed by atoms with Gasteiger partial charge in [-0.25, -0.2) is 4.79 Å². The number of alkyl carbamates (subject to hydrolysis) is 1. The van der Waals surface area contributed by atoms with Crippen LogP contribution in [0, 0.1) is 5.41 Å². The Labute approximate surface area is 183 Å². The van der Waals surface area contributed by atoms with Crippen molar-refractivity contribution in [2.45, 2.75) is 59.0 Å². The monoisotopic (exact) mass is 435 g/mol. The van der Waals surface area contributed by atoms with Crippen LogP contribution in [0.1, 0.15) is 63.7 Å². The fourth-order valence-corrected chi connectivity index (χ4v) is 3.49. The van der Waals surface area contributed by atoms with Gasteiger partial charge < -0.3 is 19.5 Å². The van der Waals surface area contributed by atoms with Crippen molar-refractivity contribution in [2.75, 3.05) is 20.3 Å². The molecule has 1 aromatic rings. The second-order valence-corrected chi connectivity index (χ2v) is 8.55. The molecule has 0 spiro atoms. The van der Waals surface area contributed by atoms with Gasteiger partial charge in [0.1, 0.15) is 5.60 Å². The molecule has 0 aromatic heterocycles. The van der Waals surface area contributed by atoms with E-state index in [0.29, 0.717) is 36.5 Å². The molecule has 2 rings (SSSR count). The molecule has 9 heteroatoms. The van der Waals surface area contributed by atoms with Gasteiger partial charge in [0, 0.05) is 12.1 Å². The molecule has 3 amide bonds. The number of hydrogen-bond donors (Lipinski definition) is 3. The van der Waals surface area contributed by atoms with Crippen molar-refractivity contribution in [3.63, 3.8) is 0 Å². The van der Waals surface area contributed by atoms with Crippen LogP contribution in [0.15, 0.2) is 18.2 Å². The van der Waals surface area contributed by atoms with Crippen LogP contribution in [0.5, 0.6) is 11.5 Å². The van der Waals surface area contributed by atoms with E-state index in [1.54, 1.807) is 39.0 Å². The van der Waals surface area contributed by atoms with E-state index < -0.39 is 23.0 Å². The number of nitrogens with one attached hydrogen (secondary N) is 3. The van der Waals surface area contributed by atoms with Crippen LogP contribution in [0.4, 0.5) is 4.79 Å². The van der Waals surface area contributed by atoms with Gasteiger partial charge in [0.05, 0.1) is 19.1 Å². The number of benzene rings is 1. The molecule has 0 saturated heterocycles. The third-order valence-corrected chi connectivity index (χ3v) is 5.03. The van der Waals surface area contributed by atoms with Crippen molar-refractivity contribution in [2.24, 2.45) is 5.41 Å². The quantitative estimate of drug-likeness (QED) is 0.567. The maximum atomic E-state index is 12.9. The molecule has 31 heavy (non-hydrogen) atoms. The highest BCUT2D eigenvalue weighted by Crippen LogP contribution is 2.37. The van der Waals surface area contributed by atoms with Gasteiger partial charge in [-0.3, -0.25) is 20.4 Å². The first-order valence-electron chi connectivity index (χ1n) is 10.5. The summed E-state index contributed by atoms with van der Waals surface area (Å²) in [6.07, 6.45) is 2.39. The van der Waals surface area contributed by atoms with Crippen LogP contribution in [0.3, 0.4) is 0 Å². The molecule has 1 saturated carbocycles. The second-order valence-electron chi connectivity index (χ2n) is 8.55. The first-order chi connectivity index (χ1) is 14.6. The van der Waals surface area contributed by atoms with Gasteiger partial charge in [0.2, 0.25) is 5.91 Å². The summed E-state index contributed by atoms with van der Waals surface area (Å²) in [7, 11) is 1.49. The van der Waals surface area contributed by atoms with Gasteiger partial charge in [0.15, 0.2) is 11.5 Å². The van der Waals surface area contributed by atoms with Crippen molar-refractivity contribution in [1.82, 2.24) is 16.2 Å². The maximum Gasteiger partial charge on any atom is 0.407 e. The fourth-order valence-electron chi connectivity index (χ4n) is 3.49. The van der Waals surface area contributed by atoms with E-state index in [4.69, 9.17) is 14.2 Å². The molecule has 0 unspecified atom stereocenters. The number of carbonyl (C=O) groups is 3. The Morgan fingerprint density at radius 3 is 2.32 bits per heavy atom. The molecule has 1 aliphatic carbocycles. The summed E-state index contributed by atoms with van der Waals surface area (Å²) < 4.78 is 16.0. The van der Waals surface area contributed by atoms with Gasteiger partial charge in [-0.05, 0) is 58.7 Å². The zero-order valence-electron chi connectivity index (χ0n) is 18.9. The van der Waals surface area contributed by atoms with E-state index in [1.165, 1.54) is 7.11 Å². The molecule has 0 heterocycles. The fraction of sp³-hybridized carbons (Fsp3) is 0.591. The minimum absolute atomic E-state index is 0.139. The number of ether oxygens (including phenoxy) is 3. The number of rotatable bonds is 7. The van der Waals surface area contributed by atoms with Gasteiger partial charge in [-0.1, -0.05) is 12.8 Å². The Balaban J connectivity index is 1.98. The Kier molecular flexibility index (Phi) is 8.13. The molecular weight excluding hydrogens is 402 g/mol.